The highest BCUT2D eigenvalue weighted by Crippen LogP contribution is 2.35. The number of thioether (sulfide) groups is 1. The van der Waals surface area contributed by atoms with E-state index in [1.54, 1.807) is 39.2 Å². The number of anilines is 1. The van der Waals surface area contributed by atoms with E-state index >= 15 is 0 Å². The average molecular weight is 619 g/mol. The van der Waals surface area contributed by atoms with Crippen molar-refractivity contribution in [3.63, 3.8) is 0 Å². The van der Waals surface area contributed by atoms with Gasteiger partial charge in [-0.15, -0.1) is 0 Å². The molecule has 1 aliphatic rings. The number of carbonyl (C=O) groups excluding carboxylic acids is 1. The second-order valence-corrected chi connectivity index (χ2v) is 11.4. The Balaban J connectivity index is 1.62. The summed E-state index contributed by atoms with van der Waals surface area (Å²) in [5, 5.41) is 13.2. The highest BCUT2D eigenvalue weighted by atomic mass is 32.2. The largest absolute Gasteiger partial charge is 0.497 e. The standard InChI is InChI=1S/C32H34N4O5S2/c1-6-35-29(34-15-13-22-9-12-26(40-4)27(17-22)41-5)24(20(2)25(19-33)30(35)37)18-28-31(38)36(32(42)43-28)16-14-21-7-10-23(39-3)11-8-21/h7-12,17-18,34H,6,13-16H2,1-5H3/b28-18+. The minimum Gasteiger partial charge on any atom is -0.497 e. The lowest BCUT2D eigenvalue weighted by molar-refractivity contribution is -0.122. The molecule has 1 saturated heterocycles. The highest BCUT2D eigenvalue weighted by molar-refractivity contribution is 8.26. The number of nitrogens with one attached hydrogen (secondary N) is 1. The van der Waals surface area contributed by atoms with E-state index < -0.39 is 0 Å². The van der Waals surface area contributed by atoms with E-state index in [-0.39, 0.29) is 17.0 Å². The van der Waals surface area contributed by atoms with E-state index in [1.807, 2.05) is 49.4 Å². The Morgan fingerprint density at radius 1 is 1.00 bits per heavy atom. The van der Waals surface area contributed by atoms with Crippen LogP contribution >= 0.6 is 24.0 Å². The van der Waals surface area contributed by atoms with E-state index in [0.717, 1.165) is 16.9 Å². The maximum Gasteiger partial charge on any atom is 0.270 e. The maximum absolute atomic E-state index is 13.5. The average Bonchev–Trinajstić information content (AvgIpc) is 3.29. The van der Waals surface area contributed by atoms with Gasteiger partial charge in [-0.25, -0.2) is 0 Å². The van der Waals surface area contributed by atoms with Gasteiger partial charge in [0.1, 0.15) is 27.5 Å². The first kappa shape index (κ1) is 31.7. The summed E-state index contributed by atoms with van der Waals surface area (Å²) in [6.45, 7) is 4.84. The molecule has 1 aliphatic heterocycles. The third-order valence-corrected chi connectivity index (χ3v) is 8.66. The highest BCUT2D eigenvalue weighted by Gasteiger charge is 2.32. The van der Waals surface area contributed by atoms with Crippen LogP contribution in [0.3, 0.4) is 0 Å². The van der Waals surface area contributed by atoms with E-state index in [4.69, 9.17) is 26.4 Å². The van der Waals surface area contributed by atoms with Gasteiger partial charge in [-0.2, -0.15) is 5.26 Å². The van der Waals surface area contributed by atoms with Crippen molar-refractivity contribution in [3.05, 3.63) is 85.5 Å². The molecule has 0 bridgehead atoms. The van der Waals surface area contributed by atoms with Crippen LogP contribution < -0.4 is 25.1 Å². The van der Waals surface area contributed by atoms with Crippen molar-refractivity contribution in [2.45, 2.75) is 33.2 Å². The fourth-order valence-electron chi connectivity index (χ4n) is 4.87. The number of ether oxygens (including phenoxy) is 3. The Hall–Kier alpha value is -4.27. The van der Waals surface area contributed by atoms with Gasteiger partial charge in [-0.1, -0.05) is 42.2 Å². The van der Waals surface area contributed by atoms with Gasteiger partial charge in [0, 0.05) is 25.2 Å². The number of hydrogen-bond acceptors (Lipinski definition) is 9. The summed E-state index contributed by atoms with van der Waals surface area (Å²) in [5.74, 6) is 2.39. The van der Waals surface area contributed by atoms with Crippen molar-refractivity contribution in [3.8, 4) is 23.3 Å². The van der Waals surface area contributed by atoms with Crippen LogP contribution in [0.25, 0.3) is 6.08 Å². The van der Waals surface area contributed by atoms with Crippen molar-refractivity contribution in [1.82, 2.24) is 9.47 Å². The Bertz CT molecular complexity index is 1660. The lowest BCUT2D eigenvalue weighted by Gasteiger charge is -2.19. The molecule has 3 aromatic rings. The molecule has 2 aromatic carbocycles. The number of amides is 1. The number of aromatic nitrogens is 1. The molecule has 0 atom stereocenters. The molecular weight excluding hydrogens is 585 g/mol. The number of hydrogen-bond donors (Lipinski definition) is 1. The molecule has 0 aliphatic carbocycles. The first-order chi connectivity index (χ1) is 20.8. The third kappa shape index (κ3) is 6.87. The van der Waals surface area contributed by atoms with Gasteiger partial charge in [0.2, 0.25) is 0 Å². The summed E-state index contributed by atoms with van der Waals surface area (Å²) in [6, 6.07) is 15.5. The first-order valence-corrected chi connectivity index (χ1v) is 15.0. The molecule has 4 rings (SSSR count). The number of rotatable bonds is 12. The number of nitriles is 1. The molecule has 1 aromatic heterocycles. The van der Waals surface area contributed by atoms with Gasteiger partial charge in [0.05, 0.1) is 26.2 Å². The normalized spacial score (nSPS) is 13.8. The Morgan fingerprint density at radius 3 is 2.33 bits per heavy atom. The maximum atomic E-state index is 13.5. The van der Waals surface area contributed by atoms with E-state index in [1.165, 1.54) is 16.3 Å². The van der Waals surface area contributed by atoms with Crippen molar-refractivity contribution < 1.29 is 19.0 Å². The predicted molar refractivity (Wildman–Crippen MR) is 174 cm³/mol. The monoisotopic (exact) mass is 618 g/mol. The first-order valence-electron chi connectivity index (χ1n) is 13.8. The van der Waals surface area contributed by atoms with Gasteiger partial charge >= 0.3 is 0 Å². The zero-order chi connectivity index (χ0) is 31.1. The minimum absolute atomic E-state index is 0.0496. The molecule has 2 heterocycles. The van der Waals surface area contributed by atoms with Gasteiger partial charge in [0.15, 0.2) is 11.5 Å². The Kier molecular flexibility index (Phi) is 10.5. The molecule has 0 unspecified atom stereocenters. The number of pyridine rings is 1. The number of nitrogens with zero attached hydrogens (tertiary/aromatic N) is 3. The fraction of sp³-hybridized carbons (Fsp3) is 0.312. The number of thiocarbonyl (C=S) groups is 1. The van der Waals surface area contributed by atoms with Crippen LogP contribution in [-0.4, -0.2) is 54.1 Å². The molecule has 1 amide bonds. The number of methoxy groups -OCH3 is 3. The summed E-state index contributed by atoms with van der Waals surface area (Å²) in [6.07, 6.45) is 3.00. The molecule has 9 nitrogen and oxygen atoms in total. The smallest absolute Gasteiger partial charge is 0.270 e. The lowest BCUT2D eigenvalue weighted by atomic mass is 10.0. The van der Waals surface area contributed by atoms with Crippen molar-refractivity contribution in [2.24, 2.45) is 0 Å². The molecule has 1 N–H and O–H groups in total. The molecule has 43 heavy (non-hydrogen) atoms. The topological polar surface area (TPSA) is 106 Å². The fourth-order valence-corrected chi connectivity index (χ4v) is 6.16. The van der Waals surface area contributed by atoms with Crippen LogP contribution in [0.5, 0.6) is 17.2 Å². The number of benzene rings is 2. The van der Waals surface area contributed by atoms with Crippen LogP contribution in [0, 0.1) is 18.3 Å². The summed E-state index contributed by atoms with van der Waals surface area (Å²) < 4.78 is 18.0. The molecular formula is C32H34N4O5S2. The van der Waals surface area contributed by atoms with Gasteiger partial charge < -0.3 is 19.5 Å². The molecule has 224 valence electrons. The van der Waals surface area contributed by atoms with Crippen LogP contribution in [0.2, 0.25) is 0 Å². The zero-order valence-electron chi connectivity index (χ0n) is 24.9. The molecule has 1 fully saturated rings. The van der Waals surface area contributed by atoms with E-state index in [9.17, 15) is 14.9 Å². The van der Waals surface area contributed by atoms with E-state index in [2.05, 4.69) is 11.4 Å². The van der Waals surface area contributed by atoms with Crippen LogP contribution in [-0.2, 0) is 24.2 Å². The molecule has 0 spiro atoms. The molecule has 0 saturated carbocycles. The third-order valence-electron chi connectivity index (χ3n) is 7.28. The summed E-state index contributed by atoms with van der Waals surface area (Å²) in [5.41, 5.74) is 2.87. The van der Waals surface area contributed by atoms with Crippen molar-refractivity contribution >= 4 is 46.1 Å². The zero-order valence-corrected chi connectivity index (χ0v) is 26.5. The van der Waals surface area contributed by atoms with Crippen molar-refractivity contribution in [2.75, 3.05) is 39.7 Å². The second kappa shape index (κ2) is 14.3. The Labute approximate surface area is 261 Å². The summed E-state index contributed by atoms with van der Waals surface area (Å²) >= 11 is 6.80. The second-order valence-electron chi connectivity index (χ2n) is 9.72. The van der Waals surface area contributed by atoms with E-state index in [0.29, 0.717) is 70.1 Å². The predicted octanol–water partition coefficient (Wildman–Crippen LogP) is 5.17. The van der Waals surface area contributed by atoms with Gasteiger partial charge in [-0.05, 0) is 73.7 Å². The minimum atomic E-state index is -0.375. The Morgan fingerprint density at radius 2 is 1.70 bits per heavy atom. The SMILES string of the molecule is CCn1c(NCCc2ccc(OC)c(OC)c2)c(/C=C2/SC(=S)N(CCc3ccc(OC)cc3)C2=O)c(C)c(C#N)c1=O. The van der Waals surface area contributed by atoms with Crippen LogP contribution in [0.15, 0.2) is 52.2 Å². The quantitative estimate of drug-likeness (QED) is 0.217. The van der Waals surface area contributed by atoms with Gasteiger partial charge in [-0.3, -0.25) is 19.1 Å². The van der Waals surface area contributed by atoms with Crippen LogP contribution in [0.4, 0.5) is 5.82 Å². The lowest BCUT2D eigenvalue weighted by Crippen LogP contribution is -2.30. The molecule has 11 heteroatoms. The van der Waals surface area contributed by atoms with Gasteiger partial charge in [0.25, 0.3) is 11.5 Å². The summed E-state index contributed by atoms with van der Waals surface area (Å²) in [7, 11) is 4.80. The number of carbonyl (C=O) groups is 1. The molecule has 0 radical (unpaired) electrons. The van der Waals surface area contributed by atoms with Crippen molar-refractivity contribution in [1.29, 1.82) is 5.26 Å². The van der Waals surface area contributed by atoms with Crippen LogP contribution in [0.1, 0.15) is 34.7 Å². The summed E-state index contributed by atoms with van der Waals surface area (Å²) in [4.78, 5) is 28.8.